The zero-order valence-electron chi connectivity index (χ0n) is 13.6. The summed E-state index contributed by atoms with van der Waals surface area (Å²) in [5, 5.41) is 3.89. The third kappa shape index (κ3) is 3.14. The van der Waals surface area contributed by atoms with E-state index >= 15 is 0 Å². The molecule has 0 aliphatic rings. The van der Waals surface area contributed by atoms with Crippen LogP contribution in [0.4, 0.5) is 5.69 Å². The Balaban J connectivity index is 1.67. The predicted molar refractivity (Wildman–Crippen MR) is 102 cm³/mol. The molecule has 4 aromatic rings. The molecule has 0 unspecified atom stereocenters. The number of anilines is 1. The molecule has 5 heteroatoms. The number of carbonyl (C=O) groups excluding carboxylic acids is 1. The second-order valence-electron chi connectivity index (χ2n) is 5.70. The number of hydrogen-bond donors (Lipinski definition) is 1. The molecule has 0 aliphatic heterocycles. The second kappa shape index (κ2) is 6.45. The number of nitrogens with zero attached hydrogens (tertiary/aromatic N) is 2. The van der Waals surface area contributed by atoms with Gasteiger partial charge in [-0.1, -0.05) is 41.7 Å². The van der Waals surface area contributed by atoms with E-state index in [9.17, 15) is 4.79 Å². The number of carbonyl (C=O) groups is 1. The predicted octanol–water partition coefficient (Wildman–Crippen LogP) is 4.92. The molecule has 0 fully saturated rings. The van der Waals surface area contributed by atoms with Gasteiger partial charge in [-0.05, 0) is 42.8 Å². The summed E-state index contributed by atoms with van der Waals surface area (Å²) in [4.78, 5) is 22.3. The maximum absolute atomic E-state index is 12.4. The summed E-state index contributed by atoms with van der Waals surface area (Å²) in [6, 6.07) is 19.0. The lowest BCUT2D eigenvalue weighted by Crippen LogP contribution is -2.12. The number of pyridine rings is 1. The Morgan fingerprint density at radius 1 is 1.04 bits per heavy atom. The van der Waals surface area contributed by atoms with Crippen molar-refractivity contribution in [1.29, 1.82) is 0 Å². The lowest BCUT2D eigenvalue weighted by Gasteiger charge is -2.10. The molecule has 0 atom stereocenters. The van der Waals surface area contributed by atoms with Gasteiger partial charge in [0.1, 0.15) is 15.4 Å². The van der Waals surface area contributed by atoms with E-state index in [0.29, 0.717) is 5.56 Å². The van der Waals surface area contributed by atoms with Gasteiger partial charge in [-0.2, -0.15) is 0 Å². The standard InChI is InChI=1S/C20H15N3OS/c1-13-9-10-15(19-23-16-8-5-11-21-20(16)25-19)12-17(13)22-18(24)14-6-3-2-4-7-14/h2-12H,1H3,(H,22,24). The van der Waals surface area contributed by atoms with Crippen LogP contribution in [0.25, 0.3) is 20.9 Å². The lowest BCUT2D eigenvalue weighted by molar-refractivity contribution is 0.102. The Bertz CT molecular complexity index is 1020. The molecule has 0 bridgehead atoms. The number of rotatable bonds is 3. The van der Waals surface area contributed by atoms with Gasteiger partial charge in [-0.3, -0.25) is 4.79 Å². The van der Waals surface area contributed by atoms with Gasteiger partial charge < -0.3 is 5.32 Å². The molecule has 1 N–H and O–H groups in total. The Morgan fingerprint density at radius 3 is 2.68 bits per heavy atom. The van der Waals surface area contributed by atoms with Crippen molar-refractivity contribution in [3.05, 3.63) is 78.0 Å². The summed E-state index contributed by atoms with van der Waals surface area (Å²) in [5.74, 6) is -0.119. The Kier molecular flexibility index (Phi) is 3.99. The molecule has 0 spiro atoms. The van der Waals surface area contributed by atoms with Gasteiger partial charge in [0.2, 0.25) is 0 Å². The van der Waals surface area contributed by atoms with E-state index in [4.69, 9.17) is 0 Å². The zero-order valence-corrected chi connectivity index (χ0v) is 14.4. The van der Waals surface area contributed by atoms with E-state index in [1.54, 1.807) is 29.7 Å². The smallest absolute Gasteiger partial charge is 0.255 e. The van der Waals surface area contributed by atoms with Gasteiger partial charge in [0.15, 0.2) is 0 Å². The summed E-state index contributed by atoms with van der Waals surface area (Å²) in [5.41, 5.74) is 4.29. The van der Waals surface area contributed by atoms with Crippen LogP contribution in [0.3, 0.4) is 0 Å². The van der Waals surface area contributed by atoms with E-state index < -0.39 is 0 Å². The molecular weight excluding hydrogens is 330 g/mol. The number of benzene rings is 2. The van der Waals surface area contributed by atoms with Crippen molar-refractivity contribution in [3.8, 4) is 10.6 Å². The van der Waals surface area contributed by atoms with Crippen molar-refractivity contribution in [2.45, 2.75) is 6.92 Å². The number of hydrogen-bond acceptors (Lipinski definition) is 4. The van der Waals surface area contributed by atoms with E-state index in [-0.39, 0.29) is 5.91 Å². The van der Waals surface area contributed by atoms with Gasteiger partial charge >= 0.3 is 0 Å². The first-order valence-corrected chi connectivity index (χ1v) is 8.71. The molecule has 2 aromatic heterocycles. The molecule has 0 saturated heterocycles. The van der Waals surface area contributed by atoms with Crippen LogP contribution >= 0.6 is 11.3 Å². The van der Waals surface area contributed by atoms with Crippen molar-refractivity contribution < 1.29 is 4.79 Å². The summed E-state index contributed by atoms with van der Waals surface area (Å²) in [6.45, 7) is 1.98. The molecule has 0 aliphatic carbocycles. The highest BCUT2D eigenvalue weighted by molar-refractivity contribution is 7.21. The van der Waals surface area contributed by atoms with Crippen molar-refractivity contribution in [2.24, 2.45) is 0 Å². The van der Waals surface area contributed by atoms with Crippen LogP contribution in [0.15, 0.2) is 66.9 Å². The number of aromatic nitrogens is 2. The van der Waals surface area contributed by atoms with E-state index in [0.717, 1.165) is 32.2 Å². The second-order valence-corrected chi connectivity index (χ2v) is 6.67. The first-order valence-electron chi connectivity index (χ1n) is 7.90. The van der Waals surface area contributed by atoms with E-state index in [1.165, 1.54) is 0 Å². The number of fused-ring (bicyclic) bond motifs is 1. The third-order valence-electron chi connectivity index (χ3n) is 3.94. The molecular formula is C20H15N3OS. The number of aryl methyl sites for hydroxylation is 1. The lowest BCUT2D eigenvalue weighted by atomic mass is 10.1. The van der Waals surface area contributed by atoms with Crippen LogP contribution in [0.5, 0.6) is 0 Å². The zero-order chi connectivity index (χ0) is 17.2. The minimum Gasteiger partial charge on any atom is -0.322 e. The molecule has 0 radical (unpaired) electrons. The number of nitrogens with one attached hydrogen (secondary N) is 1. The van der Waals surface area contributed by atoms with Crippen molar-refractivity contribution in [2.75, 3.05) is 5.32 Å². The molecule has 4 rings (SSSR count). The molecule has 25 heavy (non-hydrogen) atoms. The van der Waals surface area contributed by atoms with Gasteiger partial charge in [-0.15, -0.1) is 0 Å². The highest BCUT2D eigenvalue weighted by atomic mass is 32.1. The summed E-state index contributed by atoms with van der Waals surface area (Å²) < 4.78 is 0. The Labute approximate surface area is 149 Å². The average molecular weight is 345 g/mol. The van der Waals surface area contributed by atoms with Crippen LogP contribution < -0.4 is 5.32 Å². The maximum Gasteiger partial charge on any atom is 0.255 e. The normalized spacial score (nSPS) is 10.8. The fourth-order valence-corrected chi connectivity index (χ4v) is 3.47. The van der Waals surface area contributed by atoms with Gasteiger partial charge in [0.25, 0.3) is 5.91 Å². The van der Waals surface area contributed by atoms with Gasteiger partial charge in [0.05, 0.1) is 0 Å². The first kappa shape index (κ1) is 15.5. The Morgan fingerprint density at radius 2 is 1.88 bits per heavy atom. The van der Waals surface area contributed by atoms with Crippen LogP contribution in [0.2, 0.25) is 0 Å². The number of thiazole rings is 1. The van der Waals surface area contributed by atoms with Gasteiger partial charge in [-0.25, -0.2) is 9.97 Å². The molecule has 122 valence electrons. The fraction of sp³-hybridized carbons (Fsp3) is 0.0500. The average Bonchev–Trinajstić information content (AvgIpc) is 3.08. The first-order chi connectivity index (χ1) is 12.2. The van der Waals surface area contributed by atoms with Gasteiger partial charge in [0, 0.05) is 23.0 Å². The summed E-state index contributed by atoms with van der Waals surface area (Å²) in [7, 11) is 0. The summed E-state index contributed by atoms with van der Waals surface area (Å²) in [6.07, 6.45) is 1.77. The molecule has 1 amide bonds. The van der Waals surface area contributed by atoms with E-state index in [2.05, 4.69) is 15.3 Å². The van der Waals surface area contributed by atoms with Crippen molar-refractivity contribution in [1.82, 2.24) is 9.97 Å². The van der Waals surface area contributed by atoms with Crippen molar-refractivity contribution >= 4 is 33.3 Å². The van der Waals surface area contributed by atoms with Crippen LogP contribution in [-0.2, 0) is 0 Å². The van der Waals surface area contributed by atoms with Crippen molar-refractivity contribution in [3.63, 3.8) is 0 Å². The highest BCUT2D eigenvalue weighted by Gasteiger charge is 2.11. The SMILES string of the molecule is Cc1ccc(-c2nc3cccnc3s2)cc1NC(=O)c1ccccc1. The minimum absolute atomic E-state index is 0.119. The summed E-state index contributed by atoms with van der Waals surface area (Å²) >= 11 is 1.55. The quantitative estimate of drug-likeness (QED) is 0.573. The third-order valence-corrected chi connectivity index (χ3v) is 4.96. The Hall–Kier alpha value is -3.05. The topological polar surface area (TPSA) is 54.9 Å². The van der Waals surface area contributed by atoms with Crippen LogP contribution in [-0.4, -0.2) is 15.9 Å². The fourth-order valence-electron chi connectivity index (χ4n) is 2.57. The largest absolute Gasteiger partial charge is 0.322 e. The van der Waals surface area contributed by atoms with E-state index in [1.807, 2.05) is 55.5 Å². The molecule has 0 saturated carbocycles. The molecule has 2 heterocycles. The molecule has 2 aromatic carbocycles. The highest BCUT2D eigenvalue weighted by Crippen LogP contribution is 2.31. The number of amides is 1. The maximum atomic E-state index is 12.4. The minimum atomic E-state index is -0.119. The van der Waals surface area contributed by atoms with Crippen LogP contribution in [0.1, 0.15) is 15.9 Å². The monoisotopic (exact) mass is 345 g/mol. The van der Waals surface area contributed by atoms with Crippen LogP contribution in [0, 0.1) is 6.92 Å². The molecule has 4 nitrogen and oxygen atoms in total.